The monoisotopic (exact) mass is 197 g/mol. The van der Waals surface area contributed by atoms with Crippen molar-refractivity contribution in [2.24, 2.45) is 12.5 Å². The van der Waals surface area contributed by atoms with Crippen LogP contribution in [-0.2, 0) is 13.6 Å². The van der Waals surface area contributed by atoms with Crippen molar-refractivity contribution in [3.05, 3.63) is 18.2 Å². The Morgan fingerprint density at radius 3 is 2.79 bits per heavy atom. The molecule has 0 saturated heterocycles. The summed E-state index contributed by atoms with van der Waals surface area (Å²) in [5.41, 5.74) is -0.0643. The first-order valence-electron chi connectivity index (χ1n) is 4.83. The lowest BCUT2D eigenvalue weighted by atomic mass is 9.95. The largest absolute Gasteiger partial charge is 0.396 e. The molecule has 0 aromatic carbocycles. The van der Waals surface area contributed by atoms with Crippen LogP contribution in [0.1, 0.15) is 19.7 Å². The lowest BCUT2D eigenvalue weighted by Crippen LogP contribution is -2.32. The second-order valence-corrected chi connectivity index (χ2v) is 4.38. The zero-order chi connectivity index (χ0) is 10.6. The van der Waals surface area contributed by atoms with Crippen molar-refractivity contribution in [3.63, 3.8) is 0 Å². The van der Waals surface area contributed by atoms with E-state index in [1.807, 2.05) is 31.7 Å². The number of aliphatic hydroxyl groups excluding tert-OH is 1. The molecule has 0 fully saturated rings. The van der Waals surface area contributed by atoms with Crippen LogP contribution in [0, 0.1) is 5.41 Å². The molecule has 1 aromatic heterocycles. The van der Waals surface area contributed by atoms with Crippen LogP contribution in [0.4, 0.5) is 0 Å². The zero-order valence-electron chi connectivity index (χ0n) is 9.12. The average molecular weight is 197 g/mol. The van der Waals surface area contributed by atoms with Gasteiger partial charge in [-0.15, -0.1) is 0 Å². The van der Waals surface area contributed by atoms with Crippen LogP contribution in [0.5, 0.6) is 0 Å². The van der Waals surface area contributed by atoms with Crippen LogP contribution < -0.4 is 5.32 Å². The first kappa shape index (κ1) is 11.2. The molecule has 0 spiro atoms. The van der Waals surface area contributed by atoms with Crippen molar-refractivity contribution < 1.29 is 5.11 Å². The van der Waals surface area contributed by atoms with Crippen LogP contribution in [-0.4, -0.2) is 27.8 Å². The number of aliphatic hydroxyl groups is 1. The van der Waals surface area contributed by atoms with Gasteiger partial charge in [0.1, 0.15) is 5.82 Å². The lowest BCUT2D eigenvalue weighted by molar-refractivity contribution is 0.156. The van der Waals surface area contributed by atoms with Crippen molar-refractivity contribution in [2.45, 2.75) is 20.4 Å². The van der Waals surface area contributed by atoms with E-state index in [4.69, 9.17) is 5.11 Å². The molecule has 2 N–H and O–H groups in total. The number of nitrogens with one attached hydrogen (secondary N) is 1. The SMILES string of the molecule is Cn1ccnc1CNCC(C)(C)CO. The summed E-state index contributed by atoms with van der Waals surface area (Å²) in [5, 5.41) is 12.3. The maximum Gasteiger partial charge on any atom is 0.122 e. The standard InChI is InChI=1S/C10H19N3O/c1-10(2,8-14)7-11-6-9-12-4-5-13(9)3/h4-5,11,14H,6-8H2,1-3H3. The number of hydrogen-bond acceptors (Lipinski definition) is 3. The molecule has 4 nitrogen and oxygen atoms in total. The zero-order valence-corrected chi connectivity index (χ0v) is 9.12. The molecule has 0 aliphatic heterocycles. The quantitative estimate of drug-likeness (QED) is 0.724. The second-order valence-electron chi connectivity index (χ2n) is 4.38. The first-order chi connectivity index (χ1) is 6.55. The maximum absolute atomic E-state index is 9.04. The fourth-order valence-electron chi connectivity index (χ4n) is 1.14. The first-order valence-corrected chi connectivity index (χ1v) is 4.83. The normalized spacial score (nSPS) is 12.0. The molecule has 14 heavy (non-hydrogen) atoms. The highest BCUT2D eigenvalue weighted by Crippen LogP contribution is 2.11. The van der Waals surface area contributed by atoms with Crippen molar-refractivity contribution in [1.82, 2.24) is 14.9 Å². The predicted octanol–water partition coefficient (Wildman–Crippen LogP) is 0.528. The molecule has 4 heteroatoms. The van der Waals surface area contributed by atoms with E-state index in [0.29, 0.717) is 0 Å². The third-order valence-corrected chi connectivity index (χ3v) is 2.24. The van der Waals surface area contributed by atoms with Crippen molar-refractivity contribution >= 4 is 0 Å². The van der Waals surface area contributed by atoms with E-state index in [9.17, 15) is 0 Å². The van der Waals surface area contributed by atoms with E-state index < -0.39 is 0 Å². The molecule has 0 radical (unpaired) electrons. The average Bonchev–Trinajstić information content (AvgIpc) is 2.52. The van der Waals surface area contributed by atoms with Crippen LogP contribution in [0.2, 0.25) is 0 Å². The molecule has 0 unspecified atom stereocenters. The van der Waals surface area contributed by atoms with Gasteiger partial charge in [-0.25, -0.2) is 4.98 Å². The minimum atomic E-state index is -0.0643. The third-order valence-electron chi connectivity index (χ3n) is 2.24. The van der Waals surface area contributed by atoms with Gasteiger partial charge >= 0.3 is 0 Å². The Morgan fingerprint density at radius 2 is 2.29 bits per heavy atom. The third kappa shape index (κ3) is 3.12. The Bertz CT molecular complexity index is 281. The van der Waals surface area contributed by atoms with Crippen molar-refractivity contribution in [1.29, 1.82) is 0 Å². The smallest absolute Gasteiger partial charge is 0.122 e. The van der Waals surface area contributed by atoms with Crippen molar-refractivity contribution in [2.75, 3.05) is 13.2 Å². The lowest BCUT2D eigenvalue weighted by Gasteiger charge is -2.21. The fourth-order valence-corrected chi connectivity index (χ4v) is 1.14. The van der Waals surface area contributed by atoms with Gasteiger partial charge in [-0.05, 0) is 0 Å². The van der Waals surface area contributed by atoms with E-state index in [-0.39, 0.29) is 12.0 Å². The minimum Gasteiger partial charge on any atom is -0.396 e. The number of aryl methyl sites for hydroxylation is 1. The fraction of sp³-hybridized carbons (Fsp3) is 0.700. The van der Waals surface area contributed by atoms with Gasteiger partial charge in [-0.3, -0.25) is 0 Å². The Morgan fingerprint density at radius 1 is 1.57 bits per heavy atom. The van der Waals surface area contributed by atoms with Crippen LogP contribution in [0.25, 0.3) is 0 Å². The summed E-state index contributed by atoms with van der Waals surface area (Å²) >= 11 is 0. The molecule has 0 bridgehead atoms. The number of rotatable bonds is 5. The molecule has 0 aliphatic carbocycles. The Hall–Kier alpha value is -0.870. The summed E-state index contributed by atoms with van der Waals surface area (Å²) in [6, 6.07) is 0. The van der Waals surface area contributed by atoms with Gasteiger partial charge < -0.3 is 15.0 Å². The Labute approximate surface area is 85.0 Å². The van der Waals surface area contributed by atoms with Gasteiger partial charge in [-0.2, -0.15) is 0 Å². The highest BCUT2D eigenvalue weighted by Gasteiger charge is 2.15. The molecule has 1 aromatic rings. The van der Waals surface area contributed by atoms with Crippen LogP contribution >= 0.6 is 0 Å². The van der Waals surface area contributed by atoms with E-state index >= 15 is 0 Å². The summed E-state index contributed by atoms with van der Waals surface area (Å²) in [5.74, 6) is 1.01. The molecule has 1 rings (SSSR count). The summed E-state index contributed by atoms with van der Waals surface area (Å²) in [4.78, 5) is 4.20. The van der Waals surface area contributed by atoms with Gasteiger partial charge in [0.25, 0.3) is 0 Å². The summed E-state index contributed by atoms with van der Waals surface area (Å²) < 4.78 is 1.99. The maximum atomic E-state index is 9.04. The summed E-state index contributed by atoms with van der Waals surface area (Å²) in [6.45, 7) is 5.78. The second kappa shape index (κ2) is 4.57. The number of imidazole rings is 1. The van der Waals surface area contributed by atoms with E-state index in [0.717, 1.165) is 18.9 Å². The van der Waals surface area contributed by atoms with Gasteiger partial charge in [0, 0.05) is 38.0 Å². The molecule has 1 heterocycles. The van der Waals surface area contributed by atoms with Gasteiger partial charge in [-0.1, -0.05) is 13.8 Å². The molecule has 0 saturated carbocycles. The van der Waals surface area contributed by atoms with Gasteiger partial charge in [0.05, 0.1) is 6.54 Å². The molecular weight excluding hydrogens is 178 g/mol. The topological polar surface area (TPSA) is 50.1 Å². The summed E-state index contributed by atoms with van der Waals surface area (Å²) in [6.07, 6.45) is 3.71. The van der Waals surface area contributed by atoms with Gasteiger partial charge in [0.2, 0.25) is 0 Å². The van der Waals surface area contributed by atoms with Crippen LogP contribution in [0.3, 0.4) is 0 Å². The molecule has 0 aliphatic rings. The Balaban J connectivity index is 2.32. The van der Waals surface area contributed by atoms with E-state index in [1.165, 1.54) is 0 Å². The predicted molar refractivity (Wildman–Crippen MR) is 55.8 cm³/mol. The number of aromatic nitrogens is 2. The van der Waals surface area contributed by atoms with Crippen LogP contribution in [0.15, 0.2) is 12.4 Å². The van der Waals surface area contributed by atoms with E-state index in [2.05, 4.69) is 10.3 Å². The van der Waals surface area contributed by atoms with Gasteiger partial charge in [0.15, 0.2) is 0 Å². The molecule has 0 atom stereocenters. The molecule has 80 valence electrons. The van der Waals surface area contributed by atoms with Crippen molar-refractivity contribution in [3.8, 4) is 0 Å². The number of nitrogens with zero attached hydrogens (tertiary/aromatic N) is 2. The Kier molecular flexibility index (Phi) is 3.66. The highest BCUT2D eigenvalue weighted by atomic mass is 16.3. The number of hydrogen-bond donors (Lipinski definition) is 2. The molecule has 0 amide bonds. The minimum absolute atomic E-state index is 0.0643. The highest BCUT2D eigenvalue weighted by molar-refractivity contribution is 4.90. The molecular formula is C10H19N3O. The summed E-state index contributed by atoms with van der Waals surface area (Å²) in [7, 11) is 1.97. The van der Waals surface area contributed by atoms with E-state index in [1.54, 1.807) is 6.20 Å².